The van der Waals surface area contributed by atoms with E-state index < -0.39 is 11.9 Å². The summed E-state index contributed by atoms with van der Waals surface area (Å²) >= 11 is 6.40. The molecule has 1 amide bonds. The van der Waals surface area contributed by atoms with E-state index in [1.807, 2.05) is 0 Å². The lowest BCUT2D eigenvalue weighted by molar-refractivity contribution is 0.0517. The lowest BCUT2D eigenvalue weighted by Crippen LogP contribution is -2.15. The summed E-state index contributed by atoms with van der Waals surface area (Å²) in [6, 6.07) is 0. The van der Waals surface area contributed by atoms with Crippen LogP contribution in [-0.4, -0.2) is 23.5 Å². The third kappa shape index (κ3) is 2.21. The maximum absolute atomic E-state index is 11.2. The molecule has 0 fully saturated rings. The van der Waals surface area contributed by atoms with Crippen LogP contribution in [0.3, 0.4) is 0 Å². The molecule has 0 bridgehead atoms. The third-order valence-corrected chi connectivity index (χ3v) is 2.47. The minimum Gasteiger partial charge on any atom is -0.461 e. The zero-order chi connectivity index (χ0) is 10.7. The van der Waals surface area contributed by atoms with Gasteiger partial charge < -0.3 is 10.5 Å². The molecule has 1 heterocycles. The summed E-state index contributed by atoms with van der Waals surface area (Å²) in [6.07, 6.45) is 0. The van der Waals surface area contributed by atoms with E-state index in [1.165, 1.54) is 0 Å². The molecule has 5 nitrogen and oxygen atoms in total. The minimum atomic E-state index is -0.738. The number of carbonyl (C=O) groups is 2. The first kappa shape index (κ1) is 10.9. The van der Waals surface area contributed by atoms with Gasteiger partial charge in [-0.25, -0.2) is 9.78 Å². The van der Waals surface area contributed by atoms with Gasteiger partial charge in [0.05, 0.1) is 6.61 Å². The second kappa shape index (κ2) is 4.39. The number of ether oxygens (including phenoxy) is 1. The lowest BCUT2D eigenvalue weighted by atomic mass is 10.3. The van der Waals surface area contributed by atoms with Crippen LogP contribution in [0.1, 0.15) is 27.1 Å². The number of nitrogens with two attached hydrogens (primary N) is 1. The normalized spacial score (nSPS) is 9.86. The highest BCUT2D eigenvalue weighted by Crippen LogP contribution is 2.22. The molecular formula is C7H7ClN2O3S. The van der Waals surface area contributed by atoms with Crippen molar-refractivity contribution >= 4 is 34.8 Å². The van der Waals surface area contributed by atoms with Crippen molar-refractivity contribution in [1.29, 1.82) is 0 Å². The van der Waals surface area contributed by atoms with Crippen LogP contribution in [-0.2, 0) is 4.74 Å². The van der Waals surface area contributed by atoms with Crippen LogP contribution in [0.25, 0.3) is 0 Å². The Labute approximate surface area is 88.8 Å². The maximum atomic E-state index is 11.2. The molecule has 0 unspecified atom stereocenters. The molecule has 0 aliphatic carbocycles. The molecule has 0 spiro atoms. The Morgan fingerprint density at radius 2 is 2.29 bits per heavy atom. The zero-order valence-electron chi connectivity index (χ0n) is 7.24. The molecule has 0 saturated heterocycles. The van der Waals surface area contributed by atoms with E-state index in [9.17, 15) is 9.59 Å². The van der Waals surface area contributed by atoms with Gasteiger partial charge in [0.25, 0.3) is 5.91 Å². The number of hydrogen-bond acceptors (Lipinski definition) is 5. The fourth-order valence-corrected chi connectivity index (χ4v) is 1.75. The molecule has 0 radical (unpaired) electrons. The fourth-order valence-electron chi connectivity index (χ4n) is 0.799. The first-order valence-electron chi connectivity index (χ1n) is 3.69. The molecule has 76 valence electrons. The van der Waals surface area contributed by atoms with Crippen LogP contribution >= 0.6 is 22.9 Å². The molecular weight excluding hydrogens is 228 g/mol. The predicted octanol–water partition coefficient (Wildman–Crippen LogP) is 1.07. The highest BCUT2D eigenvalue weighted by atomic mass is 35.5. The van der Waals surface area contributed by atoms with Crippen molar-refractivity contribution in [2.45, 2.75) is 6.92 Å². The monoisotopic (exact) mass is 234 g/mol. The minimum absolute atomic E-state index is 0.0217. The summed E-state index contributed by atoms with van der Waals surface area (Å²) in [6.45, 7) is 1.85. The van der Waals surface area contributed by atoms with Crippen LogP contribution in [0.5, 0.6) is 0 Å². The van der Waals surface area contributed by atoms with E-state index in [2.05, 4.69) is 9.72 Å². The Morgan fingerprint density at radius 1 is 1.64 bits per heavy atom. The van der Waals surface area contributed by atoms with E-state index in [1.54, 1.807) is 6.92 Å². The van der Waals surface area contributed by atoms with Crippen molar-refractivity contribution in [3.8, 4) is 0 Å². The molecule has 7 heteroatoms. The van der Waals surface area contributed by atoms with Crippen LogP contribution in [0, 0.1) is 0 Å². The first-order chi connectivity index (χ1) is 6.56. The lowest BCUT2D eigenvalue weighted by Gasteiger charge is -1.98. The van der Waals surface area contributed by atoms with Crippen molar-refractivity contribution in [3.05, 3.63) is 15.0 Å². The number of thiazole rings is 1. The standard InChI is InChI=1S/C7H7ClN2O3S/c1-2-13-6(12)3-4(5(9)11)14-7(8)10-3/h2H2,1H3,(H2,9,11). The van der Waals surface area contributed by atoms with Crippen LogP contribution in [0.4, 0.5) is 0 Å². The van der Waals surface area contributed by atoms with E-state index in [4.69, 9.17) is 17.3 Å². The van der Waals surface area contributed by atoms with Gasteiger partial charge in [-0.1, -0.05) is 22.9 Å². The number of esters is 1. The number of hydrogen-bond donors (Lipinski definition) is 1. The fraction of sp³-hybridized carbons (Fsp3) is 0.286. The molecule has 2 N–H and O–H groups in total. The van der Waals surface area contributed by atoms with Crippen LogP contribution in [0.15, 0.2) is 0 Å². The van der Waals surface area contributed by atoms with Gasteiger partial charge in [-0.3, -0.25) is 4.79 Å². The van der Waals surface area contributed by atoms with Gasteiger partial charge in [-0.15, -0.1) is 0 Å². The SMILES string of the molecule is CCOC(=O)c1nc(Cl)sc1C(N)=O. The second-order valence-corrected chi connectivity index (χ2v) is 3.81. The highest BCUT2D eigenvalue weighted by Gasteiger charge is 2.21. The van der Waals surface area contributed by atoms with Gasteiger partial charge in [-0.2, -0.15) is 0 Å². The van der Waals surface area contributed by atoms with Gasteiger partial charge in [0.15, 0.2) is 10.2 Å². The Hall–Kier alpha value is -1.14. The van der Waals surface area contributed by atoms with Crippen molar-refractivity contribution in [1.82, 2.24) is 4.98 Å². The third-order valence-electron chi connectivity index (χ3n) is 1.29. The van der Waals surface area contributed by atoms with E-state index in [-0.39, 0.29) is 21.6 Å². The number of carbonyl (C=O) groups excluding carboxylic acids is 2. The summed E-state index contributed by atoms with van der Waals surface area (Å²) in [5.74, 6) is -1.43. The summed E-state index contributed by atoms with van der Waals surface area (Å²) in [5.41, 5.74) is 4.91. The summed E-state index contributed by atoms with van der Waals surface area (Å²) in [4.78, 5) is 25.8. The van der Waals surface area contributed by atoms with Gasteiger partial charge in [0.2, 0.25) is 0 Å². The average molecular weight is 235 g/mol. The van der Waals surface area contributed by atoms with E-state index in [0.717, 1.165) is 11.3 Å². The smallest absolute Gasteiger partial charge is 0.358 e. The Bertz CT molecular complexity index is 377. The van der Waals surface area contributed by atoms with Gasteiger partial charge >= 0.3 is 5.97 Å². The Kier molecular flexibility index (Phi) is 3.43. The predicted molar refractivity (Wildman–Crippen MR) is 51.6 cm³/mol. The zero-order valence-corrected chi connectivity index (χ0v) is 8.82. The summed E-state index contributed by atoms with van der Waals surface area (Å²) < 4.78 is 4.76. The number of rotatable bonds is 3. The molecule has 0 aromatic carbocycles. The topological polar surface area (TPSA) is 82.3 Å². The highest BCUT2D eigenvalue weighted by molar-refractivity contribution is 7.17. The molecule has 14 heavy (non-hydrogen) atoms. The Morgan fingerprint density at radius 3 is 2.79 bits per heavy atom. The van der Waals surface area contributed by atoms with Crippen molar-refractivity contribution in [2.24, 2.45) is 5.73 Å². The molecule has 0 atom stereocenters. The molecule has 1 aromatic heterocycles. The van der Waals surface area contributed by atoms with Crippen molar-refractivity contribution in [2.75, 3.05) is 6.61 Å². The summed E-state index contributed by atoms with van der Waals surface area (Å²) in [7, 11) is 0. The number of nitrogens with zero attached hydrogens (tertiary/aromatic N) is 1. The Balaban J connectivity index is 3.06. The summed E-state index contributed by atoms with van der Waals surface area (Å²) in [5, 5.41) is 0. The van der Waals surface area contributed by atoms with Crippen LogP contribution in [0.2, 0.25) is 4.47 Å². The molecule has 0 saturated carbocycles. The van der Waals surface area contributed by atoms with Crippen molar-refractivity contribution in [3.63, 3.8) is 0 Å². The van der Waals surface area contributed by atoms with Crippen molar-refractivity contribution < 1.29 is 14.3 Å². The quantitative estimate of drug-likeness (QED) is 0.794. The average Bonchev–Trinajstić information content (AvgIpc) is 2.48. The molecule has 0 aliphatic heterocycles. The van der Waals surface area contributed by atoms with E-state index >= 15 is 0 Å². The largest absolute Gasteiger partial charge is 0.461 e. The molecule has 1 rings (SSSR count). The number of primary amides is 1. The van der Waals surface area contributed by atoms with E-state index in [0.29, 0.717) is 0 Å². The van der Waals surface area contributed by atoms with Crippen LogP contribution < -0.4 is 5.73 Å². The molecule has 1 aromatic rings. The molecule has 0 aliphatic rings. The first-order valence-corrected chi connectivity index (χ1v) is 4.89. The van der Waals surface area contributed by atoms with Gasteiger partial charge in [-0.05, 0) is 6.92 Å². The number of aromatic nitrogens is 1. The van der Waals surface area contributed by atoms with Gasteiger partial charge in [0, 0.05) is 0 Å². The number of halogens is 1. The van der Waals surface area contributed by atoms with Gasteiger partial charge in [0.1, 0.15) is 4.88 Å². The second-order valence-electron chi connectivity index (χ2n) is 2.23. The maximum Gasteiger partial charge on any atom is 0.358 e. The number of amides is 1.